The number of hydrogen-bond acceptors (Lipinski definition) is 8. The van der Waals surface area contributed by atoms with Crippen molar-refractivity contribution in [2.24, 2.45) is 0 Å². The molecule has 2 aromatic carbocycles. The number of rotatable bonds is 6. The van der Waals surface area contributed by atoms with Crippen LogP contribution in [0.25, 0.3) is 17.4 Å². The molecular formula is C21H12ClN3O7S. The van der Waals surface area contributed by atoms with Gasteiger partial charge < -0.3 is 4.42 Å². The Labute approximate surface area is 194 Å². The van der Waals surface area contributed by atoms with Crippen molar-refractivity contribution in [3.05, 3.63) is 96.1 Å². The summed E-state index contributed by atoms with van der Waals surface area (Å²) >= 11 is 6.56. The molecule has 33 heavy (non-hydrogen) atoms. The maximum atomic E-state index is 12.7. The average Bonchev–Trinajstić information content (AvgIpc) is 3.34. The van der Waals surface area contributed by atoms with Gasteiger partial charge in [-0.25, -0.2) is 0 Å². The molecule has 0 bridgehead atoms. The van der Waals surface area contributed by atoms with Crippen LogP contribution in [0.4, 0.5) is 16.2 Å². The fraction of sp³-hybridized carbons (Fsp3) is 0.0476. The summed E-state index contributed by atoms with van der Waals surface area (Å²) in [5.74, 6) is -0.108. The van der Waals surface area contributed by atoms with Crippen molar-refractivity contribution in [2.45, 2.75) is 6.54 Å². The van der Waals surface area contributed by atoms with E-state index in [0.29, 0.717) is 5.56 Å². The SMILES string of the molecule is O=C1S/C(=C\c2ccc(-c3ccc(Cl)cc3[N+](=O)[O-])o2)C(=O)N1Cc1ccc([N+](=O)[O-])cc1. The van der Waals surface area contributed by atoms with Gasteiger partial charge in [0, 0.05) is 29.3 Å². The molecule has 3 aromatic rings. The van der Waals surface area contributed by atoms with Crippen LogP contribution < -0.4 is 0 Å². The van der Waals surface area contributed by atoms with E-state index >= 15 is 0 Å². The number of imide groups is 1. The van der Waals surface area contributed by atoms with Gasteiger partial charge in [0.2, 0.25) is 0 Å². The van der Waals surface area contributed by atoms with Crippen LogP contribution in [0.5, 0.6) is 0 Å². The van der Waals surface area contributed by atoms with Gasteiger partial charge in [0.1, 0.15) is 11.5 Å². The molecule has 0 saturated carbocycles. The first-order valence-corrected chi connectivity index (χ1v) is 10.5. The highest BCUT2D eigenvalue weighted by molar-refractivity contribution is 8.18. The van der Waals surface area contributed by atoms with Crippen molar-refractivity contribution in [1.29, 1.82) is 0 Å². The Morgan fingerprint density at radius 3 is 2.39 bits per heavy atom. The molecule has 1 aliphatic heterocycles. The first-order valence-electron chi connectivity index (χ1n) is 9.26. The van der Waals surface area contributed by atoms with Gasteiger partial charge in [-0.15, -0.1) is 0 Å². The topological polar surface area (TPSA) is 137 Å². The van der Waals surface area contributed by atoms with Crippen LogP contribution in [0.3, 0.4) is 0 Å². The number of furan rings is 1. The monoisotopic (exact) mass is 485 g/mol. The van der Waals surface area contributed by atoms with Gasteiger partial charge in [-0.1, -0.05) is 23.7 Å². The van der Waals surface area contributed by atoms with E-state index in [1.165, 1.54) is 60.7 Å². The van der Waals surface area contributed by atoms with Crippen LogP contribution in [0, 0.1) is 20.2 Å². The van der Waals surface area contributed by atoms with Crippen LogP contribution in [-0.2, 0) is 11.3 Å². The van der Waals surface area contributed by atoms with Crippen molar-refractivity contribution in [3.63, 3.8) is 0 Å². The normalized spacial score (nSPS) is 14.8. The predicted molar refractivity (Wildman–Crippen MR) is 120 cm³/mol. The Morgan fingerprint density at radius 1 is 1.00 bits per heavy atom. The van der Waals surface area contributed by atoms with Crippen LogP contribution in [0.1, 0.15) is 11.3 Å². The molecule has 0 N–H and O–H groups in total. The first kappa shape index (κ1) is 22.2. The highest BCUT2D eigenvalue weighted by atomic mass is 35.5. The maximum absolute atomic E-state index is 12.7. The summed E-state index contributed by atoms with van der Waals surface area (Å²) in [6, 6.07) is 12.8. The van der Waals surface area contributed by atoms with E-state index in [-0.39, 0.29) is 44.9 Å². The molecule has 2 amide bonds. The molecule has 0 spiro atoms. The van der Waals surface area contributed by atoms with E-state index in [1.807, 2.05) is 0 Å². The zero-order valence-corrected chi connectivity index (χ0v) is 18.0. The maximum Gasteiger partial charge on any atom is 0.293 e. The molecule has 0 atom stereocenters. The quantitative estimate of drug-likeness (QED) is 0.248. The summed E-state index contributed by atoms with van der Waals surface area (Å²) in [5.41, 5.74) is 0.448. The Kier molecular flexibility index (Phi) is 5.99. The van der Waals surface area contributed by atoms with E-state index in [9.17, 15) is 29.8 Å². The van der Waals surface area contributed by atoms with Crippen molar-refractivity contribution in [3.8, 4) is 11.3 Å². The lowest BCUT2D eigenvalue weighted by Crippen LogP contribution is -2.27. The Balaban J connectivity index is 1.54. The van der Waals surface area contributed by atoms with E-state index in [0.717, 1.165) is 16.7 Å². The highest BCUT2D eigenvalue weighted by Gasteiger charge is 2.35. The van der Waals surface area contributed by atoms with Gasteiger partial charge in [-0.2, -0.15) is 0 Å². The number of thioether (sulfide) groups is 1. The van der Waals surface area contributed by atoms with E-state index in [2.05, 4.69) is 0 Å². The summed E-state index contributed by atoms with van der Waals surface area (Å²) in [6.45, 7) is -0.0413. The second-order valence-corrected chi connectivity index (χ2v) is 8.24. The van der Waals surface area contributed by atoms with Crippen molar-refractivity contribution in [2.75, 3.05) is 0 Å². The third kappa shape index (κ3) is 4.64. The van der Waals surface area contributed by atoms with E-state index in [1.54, 1.807) is 0 Å². The number of amides is 2. The molecule has 1 fully saturated rings. The molecule has 2 heterocycles. The van der Waals surface area contributed by atoms with Gasteiger partial charge in [-0.05, 0) is 41.6 Å². The van der Waals surface area contributed by atoms with E-state index < -0.39 is 21.0 Å². The zero-order valence-electron chi connectivity index (χ0n) is 16.5. The molecular weight excluding hydrogens is 474 g/mol. The molecule has 10 nitrogen and oxygen atoms in total. The van der Waals surface area contributed by atoms with Gasteiger partial charge in [-0.3, -0.25) is 34.7 Å². The zero-order chi connectivity index (χ0) is 23.7. The molecule has 1 aliphatic rings. The van der Waals surface area contributed by atoms with Crippen molar-refractivity contribution >= 4 is 52.0 Å². The highest BCUT2D eigenvalue weighted by Crippen LogP contribution is 2.36. The minimum atomic E-state index is -0.576. The van der Waals surface area contributed by atoms with Gasteiger partial charge in [0.15, 0.2) is 0 Å². The Morgan fingerprint density at radius 2 is 1.73 bits per heavy atom. The van der Waals surface area contributed by atoms with E-state index in [4.69, 9.17) is 16.0 Å². The third-order valence-electron chi connectivity index (χ3n) is 4.68. The number of nitro groups is 2. The number of halogens is 1. The summed E-state index contributed by atoms with van der Waals surface area (Å²) in [6.07, 6.45) is 1.38. The van der Waals surface area contributed by atoms with Gasteiger partial charge in [0.05, 0.1) is 26.9 Å². The van der Waals surface area contributed by atoms with Gasteiger partial charge >= 0.3 is 0 Å². The molecule has 0 aliphatic carbocycles. The smallest absolute Gasteiger partial charge is 0.293 e. The molecule has 1 aromatic heterocycles. The molecule has 0 radical (unpaired) electrons. The lowest BCUT2D eigenvalue weighted by atomic mass is 10.1. The number of non-ortho nitro benzene ring substituents is 1. The third-order valence-corrected chi connectivity index (χ3v) is 5.83. The number of carbonyl (C=O) groups excluding carboxylic acids is 2. The Bertz CT molecular complexity index is 1330. The summed E-state index contributed by atoms with van der Waals surface area (Å²) in [4.78, 5) is 47.2. The van der Waals surface area contributed by atoms with Crippen LogP contribution in [-0.4, -0.2) is 25.9 Å². The fourth-order valence-electron chi connectivity index (χ4n) is 3.11. The minimum absolute atomic E-state index is 0.0413. The van der Waals surface area contributed by atoms with Gasteiger partial charge in [0.25, 0.3) is 22.5 Å². The van der Waals surface area contributed by atoms with Crippen LogP contribution >= 0.6 is 23.4 Å². The number of nitro benzene ring substituents is 2. The number of carbonyl (C=O) groups is 2. The first-order chi connectivity index (χ1) is 15.7. The standard InChI is InChI=1S/C21H12ClN3O7S/c22-13-3-7-16(17(9-13)25(30)31)18-8-6-15(32-18)10-19-20(26)23(21(27)33-19)11-12-1-4-14(5-2-12)24(28)29/h1-10H,11H2/b19-10-. The predicted octanol–water partition coefficient (Wildman–Crippen LogP) is 5.65. The van der Waals surface area contributed by atoms with Crippen LogP contribution in [0.2, 0.25) is 5.02 Å². The number of hydrogen-bond donors (Lipinski definition) is 0. The second-order valence-electron chi connectivity index (χ2n) is 6.81. The lowest BCUT2D eigenvalue weighted by molar-refractivity contribution is -0.384. The molecule has 12 heteroatoms. The Hall–Kier alpha value is -3.96. The minimum Gasteiger partial charge on any atom is -0.456 e. The summed E-state index contributed by atoms with van der Waals surface area (Å²) in [7, 11) is 0. The van der Waals surface area contributed by atoms with Crippen molar-refractivity contribution < 1.29 is 23.9 Å². The molecule has 1 saturated heterocycles. The fourth-order valence-corrected chi connectivity index (χ4v) is 4.10. The van der Waals surface area contributed by atoms with Crippen molar-refractivity contribution in [1.82, 2.24) is 4.90 Å². The molecule has 4 rings (SSSR count). The average molecular weight is 486 g/mol. The molecule has 0 unspecified atom stereocenters. The summed E-state index contributed by atoms with van der Waals surface area (Å²) < 4.78 is 5.65. The largest absolute Gasteiger partial charge is 0.456 e. The van der Waals surface area contributed by atoms with Crippen LogP contribution in [0.15, 0.2) is 63.9 Å². The number of nitrogens with zero attached hydrogens (tertiary/aromatic N) is 3. The number of benzene rings is 2. The summed E-state index contributed by atoms with van der Waals surface area (Å²) in [5, 5.41) is 21.8. The lowest BCUT2D eigenvalue weighted by Gasteiger charge is -2.12. The second kappa shape index (κ2) is 8.88. The molecule has 166 valence electrons.